The molecule has 0 aromatic carbocycles. The third-order valence-corrected chi connectivity index (χ3v) is 2.76. The lowest BCUT2D eigenvalue weighted by atomic mass is 10.1. The molecule has 0 aliphatic carbocycles. The summed E-state index contributed by atoms with van der Waals surface area (Å²) in [6, 6.07) is 0. The Morgan fingerprint density at radius 1 is 0.870 bits per heavy atom. The molecule has 0 heterocycles. The molecule has 0 aliphatic heterocycles. The highest BCUT2D eigenvalue weighted by molar-refractivity contribution is 7.79. The van der Waals surface area contributed by atoms with E-state index in [4.69, 9.17) is 22.4 Å². The molecule has 0 saturated carbocycles. The molecule has 0 radical (unpaired) electrons. The van der Waals surface area contributed by atoms with Gasteiger partial charge in [-0.3, -0.25) is 9.11 Å². The fourth-order valence-electron chi connectivity index (χ4n) is 1.75. The van der Waals surface area contributed by atoms with E-state index in [2.05, 4.69) is 28.5 Å². The zero-order valence-electron chi connectivity index (χ0n) is 13.8. The van der Waals surface area contributed by atoms with Gasteiger partial charge in [0.25, 0.3) is 0 Å². The molecular formula is C14H30O8S. The first-order valence-electron chi connectivity index (χ1n) is 7.84. The first kappa shape index (κ1) is 24.5. The second kappa shape index (κ2) is 19.3. The highest BCUT2D eigenvalue weighted by Gasteiger charge is 1.94. The van der Waals surface area contributed by atoms with Crippen LogP contribution < -0.4 is 0 Å². The first-order valence-corrected chi connectivity index (χ1v) is 9.24. The predicted molar refractivity (Wildman–Crippen MR) is 85.4 cm³/mol. The second-order valence-corrected chi connectivity index (χ2v) is 5.75. The molecular weight excluding hydrogens is 328 g/mol. The lowest BCUT2D eigenvalue weighted by molar-refractivity contribution is -0.621. The summed E-state index contributed by atoms with van der Waals surface area (Å²) < 4.78 is 31.6. The minimum Gasteiger partial charge on any atom is -0.315 e. The average Bonchev–Trinajstić information content (AvgIpc) is 2.46. The highest BCUT2D eigenvalue weighted by atomic mass is 32.3. The summed E-state index contributed by atoms with van der Waals surface area (Å²) in [6.07, 6.45) is 14.1. The van der Waals surface area contributed by atoms with Crippen molar-refractivity contribution < 1.29 is 37.4 Å². The monoisotopic (exact) mass is 358 g/mol. The Morgan fingerprint density at radius 3 is 1.74 bits per heavy atom. The van der Waals surface area contributed by atoms with Gasteiger partial charge in [0, 0.05) is 5.04 Å². The second-order valence-electron chi connectivity index (χ2n) is 4.85. The Hall–Kier alpha value is -0.710. The van der Waals surface area contributed by atoms with Crippen LogP contribution in [0.2, 0.25) is 0 Å². The molecule has 0 fully saturated rings. The normalized spacial score (nSPS) is 10.7. The van der Waals surface area contributed by atoms with Gasteiger partial charge in [-0.15, -0.1) is 0 Å². The molecule has 0 rings (SSSR count). The summed E-state index contributed by atoms with van der Waals surface area (Å²) >= 11 is 0. The third-order valence-electron chi connectivity index (χ3n) is 2.76. The van der Waals surface area contributed by atoms with Gasteiger partial charge in [-0.2, -0.15) is 8.42 Å². The molecule has 0 unspecified atom stereocenters. The maximum atomic E-state index is 8.74. The van der Waals surface area contributed by atoms with Crippen LogP contribution in [0, 0.1) is 0 Å². The summed E-state index contributed by atoms with van der Waals surface area (Å²) in [5.41, 5.74) is 0. The van der Waals surface area contributed by atoms with Crippen LogP contribution in [-0.2, 0) is 30.3 Å². The largest absolute Gasteiger partial charge is 0.394 e. The van der Waals surface area contributed by atoms with Crippen molar-refractivity contribution in [3.63, 3.8) is 0 Å². The van der Waals surface area contributed by atoms with Crippen molar-refractivity contribution >= 4 is 10.4 Å². The minimum atomic E-state index is -4.67. The van der Waals surface area contributed by atoms with Crippen LogP contribution in [0.1, 0.15) is 71.1 Å². The molecule has 0 saturated heterocycles. The van der Waals surface area contributed by atoms with Crippen LogP contribution in [0.4, 0.5) is 0 Å². The lowest BCUT2D eigenvalue weighted by Crippen LogP contribution is -1.97. The van der Waals surface area contributed by atoms with Crippen molar-refractivity contribution in [2.75, 3.05) is 6.61 Å². The Labute approximate surface area is 139 Å². The van der Waals surface area contributed by atoms with Gasteiger partial charge in [-0.05, 0) is 11.5 Å². The third kappa shape index (κ3) is 38.8. The predicted octanol–water partition coefficient (Wildman–Crippen LogP) is 4.21. The van der Waals surface area contributed by atoms with Gasteiger partial charge in [0.05, 0.1) is 6.61 Å². The highest BCUT2D eigenvalue weighted by Crippen LogP contribution is 2.10. The minimum absolute atomic E-state index is 0.525. The summed E-state index contributed by atoms with van der Waals surface area (Å²) in [7, 11) is -4.67. The van der Waals surface area contributed by atoms with E-state index < -0.39 is 10.4 Å². The van der Waals surface area contributed by atoms with Crippen molar-refractivity contribution in [3.05, 3.63) is 12.8 Å². The van der Waals surface area contributed by atoms with E-state index in [1.54, 1.807) is 0 Å². The fraction of sp³-hybridized carbons (Fsp3) is 0.857. The van der Waals surface area contributed by atoms with Crippen LogP contribution in [0.3, 0.4) is 0 Å². The van der Waals surface area contributed by atoms with E-state index in [-0.39, 0.29) is 0 Å². The van der Waals surface area contributed by atoms with Gasteiger partial charge in [-0.25, -0.2) is 4.89 Å². The topological polar surface area (TPSA) is 112 Å². The summed E-state index contributed by atoms with van der Waals surface area (Å²) in [5, 5.41) is 8.40. The number of rotatable bonds is 15. The molecule has 2 N–H and O–H groups in total. The summed E-state index contributed by atoms with van der Waals surface area (Å²) in [6.45, 7) is 6.05. The van der Waals surface area contributed by atoms with Crippen LogP contribution in [0.25, 0.3) is 0 Å². The smallest absolute Gasteiger partial charge is 0.315 e. The Kier molecular flexibility index (Phi) is 20.6. The van der Waals surface area contributed by atoms with Crippen molar-refractivity contribution in [1.29, 1.82) is 0 Å². The standard InChI is InChI=1S/C14H28O4.H2O4S/c1-3-5-6-7-8-9-10-11-12-13-14-16-18-17-15-4-2;1-5(2,3)4/h4H,2-3,5-14H2,1H3;(H2,1,2,3,4). The maximum Gasteiger partial charge on any atom is 0.394 e. The Morgan fingerprint density at radius 2 is 1.30 bits per heavy atom. The van der Waals surface area contributed by atoms with Gasteiger partial charge in [-0.1, -0.05) is 71.3 Å². The van der Waals surface area contributed by atoms with Crippen LogP contribution in [0.15, 0.2) is 12.8 Å². The van der Waals surface area contributed by atoms with E-state index in [0.29, 0.717) is 6.61 Å². The van der Waals surface area contributed by atoms with E-state index in [1.807, 2.05) is 0 Å². The molecule has 0 aromatic rings. The van der Waals surface area contributed by atoms with E-state index in [1.165, 1.54) is 57.8 Å². The molecule has 0 bridgehead atoms. The van der Waals surface area contributed by atoms with Crippen LogP contribution >= 0.6 is 0 Å². The summed E-state index contributed by atoms with van der Waals surface area (Å²) in [5.74, 6) is 0. The molecule has 0 amide bonds. The average molecular weight is 358 g/mol. The molecule has 9 heteroatoms. The Balaban J connectivity index is 0. The number of hydrogen-bond donors (Lipinski definition) is 2. The summed E-state index contributed by atoms with van der Waals surface area (Å²) in [4.78, 5) is 8.96. The quantitative estimate of drug-likeness (QED) is 0.147. The van der Waals surface area contributed by atoms with E-state index in [0.717, 1.165) is 12.7 Å². The molecule has 0 aromatic heterocycles. The van der Waals surface area contributed by atoms with Crippen LogP contribution in [0.5, 0.6) is 0 Å². The molecule has 8 nitrogen and oxygen atoms in total. The van der Waals surface area contributed by atoms with Gasteiger partial charge < -0.3 is 4.89 Å². The molecule has 140 valence electrons. The lowest BCUT2D eigenvalue weighted by Gasteiger charge is -2.02. The van der Waals surface area contributed by atoms with Crippen molar-refractivity contribution in [3.8, 4) is 0 Å². The van der Waals surface area contributed by atoms with Gasteiger partial charge in [0.2, 0.25) is 0 Å². The molecule has 0 aliphatic rings. The van der Waals surface area contributed by atoms with E-state index in [9.17, 15) is 0 Å². The van der Waals surface area contributed by atoms with Crippen LogP contribution in [-0.4, -0.2) is 24.1 Å². The van der Waals surface area contributed by atoms with Gasteiger partial charge in [0.15, 0.2) is 0 Å². The maximum absolute atomic E-state index is 8.74. The molecule has 0 spiro atoms. The fourth-order valence-corrected chi connectivity index (χ4v) is 1.75. The number of hydrogen-bond acceptors (Lipinski definition) is 6. The zero-order valence-corrected chi connectivity index (χ0v) is 14.6. The van der Waals surface area contributed by atoms with Gasteiger partial charge >= 0.3 is 10.4 Å². The number of unbranched alkanes of at least 4 members (excludes halogenated alkanes) is 9. The molecule has 23 heavy (non-hydrogen) atoms. The van der Waals surface area contributed by atoms with Crippen molar-refractivity contribution in [2.24, 2.45) is 0 Å². The Bertz CT molecular complexity index is 324. The van der Waals surface area contributed by atoms with Crippen molar-refractivity contribution in [2.45, 2.75) is 71.1 Å². The van der Waals surface area contributed by atoms with E-state index >= 15 is 0 Å². The molecule has 0 atom stereocenters. The van der Waals surface area contributed by atoms with Gasteiger partial charge in [0.1, 0.15) is 6.26 Å². The SMILES string of the molecule is C=COOOOCCCCCCCCCCCC.O=S(=O)(O)O. The first-order chi connectivity index (χ1) is 10.9. The zero-order chi connectivity index (χ0) is 17.8. The van der Waals surface area contributed by atoms with Crippen molar-refractivity contribution in [1.82, 2.24) is 0 Å².